The van der Waals surface area contributed by atoms with Crippen molar-refractivity contribution in [2.75, 3.05) is 44.8 Å². The molecule has 0 bridgehead atoms. The number of hydrogen-bond acceptors (Lipinski definition) is 7. The molecule has 0 atom stereocenters. The Morgan fingerprint density at radius 1 is 1.15 bits per heavy atom. The molecule has 12 heteroatoms. The summed E-state index contributed by atoms with van der Waals surface area (Å²) in [6.07, 6.45) is 0.580. The molecule has 27 heavy (non-hydrogen) atoms. The summed E-state index contributed by atoms with van der Waals surface area (Å²) in [5.74, 6) is -4.29. The highest BCUT2D eigenvalue weighted by atomic mass is 32.2. The van der Waals surface area contributed by atoms with Crippen molar-refractivity contribution in [3.8, 4) is 0 Å². The lowest BCUT2D eigenvalue weighted by Gasteiger charge is -2.33. The number of aromatic nitrogens is 2. The summed E-state index contributed by atoms with van der Waals surface area (Å²) in [4.78, 5) is 5.39. The topological polar surface area (TPSA) is 75.6 Å². The minimum Gasteiger partial charge on any atom is -0.384 e. The Kier molecular flexibility index (Phi) is 5.99. The Balaban J connectivity index is 1.70. The second kappa shape index (κ2) is 8.09. The number of ether oxygens (including phenoxy) is 1. The molecule has 1 aliphatic rings. The molecular formula is C15H17F3N4O3S2. The first-order valence-corrected chi connectivity index (χ1v) is 10.3. The Morgan fingerprint density at radius 2 is 1.85 bits per heavy atom. The SMILES string of the molecule is COCCc1nsc(N2CCN(S(=O)(=O)c3ccc(F)c(F)c3F)CC2)n1. The minimum absolute atomic E-state index is 0.0632. The molecule has 0 unspecified atom stereocenters. The molecule has 7 nitrogen and oxygen atoms in total. The van der Waals surface area contributed by atoms with Gasteiger partial charge in [-0.25, -0.2) is 26.6 Å². The van der Waals surface area contributed by atoms with E-state index in [0.29, 0.717) is 43.1 Å². The van der Waals surface area contributed by atoms with Gasteiger partial charge < -0.3 is 9.64 Å². The zero-order valence-electron chi connectivity index (χ0n) is 14.4. The summed E-state index contributed by atoms with van der Waals surface area (Å²) < 4.78 is 75.8. The zero-order chi connectivity index (χ0) is 19.6. The van der Waals surface area contributed by atoms with Gasteiger partial charge >= 0.3 is 0 Å². The van der Waals surface area contributed by atoms with Crippen LogP contribution in [0.4, 0.5) is 18.3 Å². The largest absolute Gasteiger partial charge is 0.384 e. The average Bonchev–Trinajstić information content (AvgIpc) is 3.13. The molecule has 0 N–H and O–H groups in total. The molecule has 1 aromatic carbocycles. The summed E-state index contributed by atoms with van der Waals surface area (Å²) in [5.41, 5.74) is 0. The van der Waals surface area contributed by atoms with Crippen LogP contribution >= 0.6 is 11.5 Å². The summed E-state index contributed by atoms with van der Waals surface area (Å²) in [7, 11) is -2.68. The Labute approximate surface area is 158 Å². The molecule has 1 saturated heterocycles. The number of sulfonamides is 1. The van der Waals surface area contributed by atoms with Gasteiger partial charge in [0.1, 0.15) is 10.7 Å². The first kappa shape index (κ1) is 20.0. The highest BCUT2D eigenvalue weighted by molar-refractivity contribution is 7.89. The maximum absolute atomic E-state index is 13.9. The maximum Gasteiger partial charge on any atom is 0.246 e. The van der Waals surface area contributed by atoms with E-state index in [0.717, 1.165) is 10.4 Å². The van der Waals surface area contributed by atoms with E-state index in [4.69, 9.17) is 4.74 Å². The van der Waals surface area contributed by atoms with Gasteiger partial charge in [-0.3, -0.25) is 0 Å². The van der Waals surface area contributed by atoms with Crippen molar-refractivity contribution in [1.29, 1.82) is 0 Å². The first-order chi connectivity index (χ1) is 12.8. The second-order valence-electron chi connectivity index (χ2n) is 5.80. The Bertz CT molecular complexity index is 915. The van der Waals surface area contributed by atoms with Crippen molar-refractivity contribution in [2.24, 2.45) is 0 Å². The fourth-order valence-corrected chi connectivity index (χ4v) is 4.88. The van der Waals surface area contributed by atoms with Crippen molar-refractivity contribution in [3.63, 3.8) is 0 Å². The fourth-order valence-electron chi connectivity index (χ4n) is 2.63. The molecule has 2 aromatic rings. The van der Waals surface area contributed by atoms with E-state index in [9.17, 15) is 21.6 Å². The standard InChI is InChI=1S/C15H17F3N4O3S2/c1-25-9-4-12-19-15(26-20-12)21-5-7-22(8-6-21)27(23,24)11-3-2-10(16)13(17)14(11)18/h2-3H,4-9H2,1H3. The summed E-state index contributed by atoms with van der Waals surface area (Å²) in [6, 6.07) is 1.34. The average molecular weight is 422 g/mol. The van der Waals surface area contributed by atoms with Crippen LogP contribution in [0.15, 0.2) is 17.0 Å². The number of halogens is 3. The monoisotopic (exact) mass is 422 g/mol. The third-order valence-electron chi connectivity index (χ3n) is 4.11. The summed E-state index contributed by atoms with van der Waals surface area (Å²) in [6.45, 7) is 1.27. The molecule has 0 spiro atoms. The van der Waals surface area contributed by atoms with Crippen LogP contribution < -0.4 is 4.90 Å². The van der Waals surface area contributed by atoms with Crippen LogP contribution in [0.1, 0.15) is 5.82 Å². The molecule has 0 amide bonds. The highest BCUT2D eigenvalue weighted by Crippen LogP contribution is 2.25. The maximum atomic E-state index is 13.9. The quantitative estimate of drug-likeness (QED) is 0.659. The number of anilines is 1. The van der Waals surface area contributed by atoms with Gasteiger partial charge in [0.05, 0.1) is 6.61 Å². The highest BCUT2D eigenvalue weighted by Gasteiger charge is 2.33. The zero-order valence-corrected chi connectivity index (χ0v) is 16.0. The number of methoxy groups -OCH3 is 1. The Morgan fingerprint density at radius 3 is 2.52 bits per heavy atom. The van der Waals surface area contributed by atoms with Crippen LogP contribution in [-0.4, -0.2) is 62.0 Å². The Hall–Kier alpha value is -1.76. The van der Waals surface area contributed by atoms with Crippen LogP contribution in [0, 0.1) is 17.5 Å². The van der Waals surface area contributed by atoms with E-state index in [2.05, 4.69) is 9.36 Å². The van der Waals surface area contributed by atoms with Crippen LogP contribution in [-0.2, 0) is 21.2 Å². The van der Waals surface area contributed by atoms with Crippen molar-refractivity contribution >= 4 is 26.7 Å². The van der Waals surface area contributed by atoms with Gasteiger partial charge in [0.15, 0.2) is 17.5 Å². The third kappa shape index (κ3) is 4.08. The van der Waals surface area contributed by atoms with Gasteiger partial charge in [0.25, 0.3) is 0 Å². The van der Waals surface area contributed by atoms with Crippen LogP contribution in [0.5, 0.6) is 0 Å². The molecule has 2 heterocycles. The molecule has 1 aromatic heterocycles. The lowest BCUT2D eigenvalue weighted by atomic mass is 10.3. The lowest BCUT2D eigenvalue weighted by Crippen LogP contribution is -2.48. The van der Waals surface area contributed by atoms with E-state index >= 15 is 0 Å². The molecule has 3 rings (SSSR count). The molecule has 1 fully saturated rings. The van der Waals surface area contributed by atoms with Gasteiger partial charge in [-0.05, 0) is 12.1 Å². The smallest absolute Gasteiger partial charge is 0.246 e. The van der Waals surface area contributed by atoms with E-state index in [1.165, 1.54) is 11.5 Å². The normalized spacial score (nSPS) is 16.1. The van der Waals surface area contributed by atoms with Crippen molar-refractivity contribution in [3.05, 3.63) is 35.4 Å². The number of benzene rings is 1. The fraction of sp³-hybridized carbons (Fsp3) is 0.467. The number of rotatable bonds is 6. The van der Waals surface area contributed by atoms with Gasteiger partial charge in [-0.15, -0.1) is 0 Å². The molecule has 1 aliphatic heterocycles. The lowest BCUT2D eigenvalue weighted by molar-refractivity contribution is 0.201. The van der Waals surface area contributed by atoms with Crippen molar-refractivity contribution < 1.29 is 26.3 Å². The first-order valence-electron chi connectivity index (χ1n) is 8.04. The van der Waals surface area contributed by atoms with Crippen molar-refractivity contribution in [1.82, 2.24) is 13.7 Å². The van der Waals surface area contributed by atoms with Gasteiger partial charge in [0.2, 0.25) is 15.2 Å². The van der Waals surface area contributed by atoms with Crippen molar-refractivity contribution in [2.45, 2.75) is 11.3 Å². The van der Waals surface area contributed by atoms with Gasteiger partial charge in [-0.1, -0.05) is 0 Å². The third-order valence-corrected chi connectivity index (χ3v) is 6.84. The van der Waals surface area contributed by atoms with E-state index in [-0.39, 0.29) is 13.1 Å². The number of piperazine rings is 1. The second-order valence-corrected chi connectivity index (χ2v) is 8.44. The molecule has 0 saturated carbocycles. The van der Waals surface area contributed by atoms with Gasteiger partial charge in [0, 0.05) is 51.2 Å². The van der Waals surface area contributed by atoms with Crippen LogP contribution in [0.2, 0.25) is 0 Å². The summed E-state index contributed by atoms with van der Waals surface area (Å²) in [5, 5.41) is 0.664. The molecule has 0 radical (unpaired) electrons. The predicted octanol–water partition coefficient (Wildman–Crippen LogP) is 1.66. The molecular weight excluding hydrogens is 405 g/mol. The van der Waals surface area contributed by atoms with E-state index < -0.39 is 32.4 Å². The number of hydrogen-bond donors (Lipinski definition) is 0. The van der Waals surface area contributed by atoms with E-state index in [1.54, 1.807) is 7.11 Å². The molecule has 148 valence electrons. The predicted molar refractivity (Wildman–Crippen MR) is 92.8 cm³/mol. The van der Waals surface area contributed by atoms with Gasteiger partial charge in [-0.2, -0.15) is 8.68 Å². The summed E-state index contributed by atoms with van der Waals surface area (Å²) >= 11 is 1.21. The number of nitrogens with zero attached hydrogens (tertiary/aromatic N) is 4. The van der Waals surface area contributed by atoms with Crippen LogP contribution in [0.25, 0.3) is 0 Å². The molecule has 0 aliphatic carbocycles. The minimum atomic E-state index is -4.27. The van der Waals surface area contributed by atoms with E-state index in [1.807, 2.05) is 4.90 Å². The van der Waals surface area contributed by atoms with Crippen LogP contribution in [0.3, 0.4) is 0 Å².